The molecule has 0 radical (unpaired) electrons. The zero-order valence-corrected chi connectivity index (χ0v) is 17.9. The smallest absolute Gasteiger partial charge is 0.390 e. The quantitative estimate of drug-likeness (QED) is 0.681. The minimum atomic E-state index is -4.80. The van der Waals surface area contributed by atoms with Gasteiger partial charge in [-0.1, -0.05) is 11.6 Å². The second-order valence-corrected chi connectivity index (χ2v) is 7.70. The Kier molecular flexibility index (Phi) is 6.62. The number of anilines is 2. The number of aromatic nitrogens is 1. The van der Waals surface area contributed by atoms with Crippen LogP contribution in [0.3, 0.4) is 0 Å². The van der Waals surface area contributed by atoms with Crippen LogP contribution < -0.4 is 9.80 Å². The summed E-state index contributed by atoms with van der Waals surface area (Å²) < 4.78 is 54.1. The van der Waals surface area contributed by atoms with Gasteiger partial charge in [-0.15, -0.1) is 0 Å². The highest BCUT2D eigenvalue weighted by Crippen LogP contribution is 2.38. The van der Waals surface area contributed by atoms with E-state index in [-0.39, 0.29) is 41.7 Å². The van der Waals surface area contributed by atoms with Crippen LogP contribution >= 0.6 is 11.6 Å². The van der Waals surface area contributed by atoms with Gasteiger partial charge in [0.15, 0.2) is 0 Å². The number of pyridine rings is 1. The van der Waals surface area contributed by atoms with Crippen LogP contribution in [0.25, 0.3) is 0 Å². The molecule has 2 atom stereocenters. The van der Waals surface area contributed by atoms with Gasteiger partial charge < -0.3 is 14.9 Å². The van der Waals surface area contributed by atoms with E-state index in [0.717, 1.165) is 12.1 Å². The molecule has 1 N–H and O–H groups in total. The lowest BCUT2D eigenvalue weighted by molar-refractivity contribution is -0.137. The Morgan fingerprint density at radius 3 is 2.66 bits per heavy atom. The summed E-state index contributed by atoms with van der Waals surface area (Å²) in [5.74, 6) is -1.63. The summed E-state index contributed by atoms with van der Waals surface area (Å²) >= 11 is 5.82. The number of alkyl halides is 3. The minimum absolute atomic E-state index is 0.0107. The van der Waals surface area contributed by atoms with Crippen molar-refractivity contribution in [3.63, 3.8) is 0 Å². The van der Waals surface area contributed by atoms with Crippen LogP contribution in [-0.2, 0) is 11.0 Å². The van der Waals surface area contributed by atoms with Gasteiger partial charge in [-0.05, 0) is 44.5 Å². The molecule has 0 bridgehead atoms. The molecule has 0 saturated carbocycles. The number of rotatable bonds is 4. The topological polar surface area (TPSA) is 80.5 Å². The van der Waals surface area contributed by atoms with Crippen molar-refractivity contribution in [1.29, 1.82) is 5.26 Å². The molecule has 32 heavy (non-hydrogen) atoms. The van der Waals surface area contributed by atoms with Crippen LogP contribution in [0.2, 0.25) is 5.02 Å². The van der Waals surface area contributed by atoms with Crippen LogP contribution in [0.15, 0.2) is 24.3 Å². The van der Waals surface area contributed by atoms with Crippen molar-refractivity contribution < 1.29 is 27.5 Å². The Morgan fingerprint density at radius 2 is 2.09 bits per heavy atom. The molecule has 0 aliphatic carbocycles. The molecule has 1 aliphatic heterocycles. The third kappa shape index (κ3) is 4.36. The molecule has 2 aromatic rings. The van der Waals surface area contributed by atoms with Crippen molar-refractivity contribution in [2.24, 2.45) is 0 Å². The Balaban J connectivity index is 2.08. The van der Waals surface area contributed by atoms with Gasteiger partial charge in [0.1, 0.15) is 29.3 Å². The summed E-state index contributed by atoms with van der Waals surface area (Å²) in [6, 6.07) is 4.69. The molecule has 2 heterocycles. The second-order valence-electron chi connectivity index (χ2n) is 7.29. The molecule has 170 valence electrons. The lowest BCUT2D eigenvalue weighted by atomic mass is 10.1. The first kappa shape index (κ1) is 23.8. The molecule has 1 unspecified atom stereocenters. The lowest BCUT2D eigenvalue weighted by Crippen LogP contribution is -2.50. The Labute approximate surface area is 186 Å². The summed E-state index contributed by atoms with van der Waals surface area (Å²) in [7, 11) is 0. The Hall–Kier alpha value is -2.90. The number of hydrogen-bond donors (Lipinski definition) is 1. The number of benzene rings is 1. The maximum atomic E-state index is 13.6. The molecule has 0 spiro atoms. The maximum absolute atomic E-state index is 13.6. The molecule has 6 nitrogen and oxygen atoms in total. The van der Waals surface area contributed by atoms with E-state index in [1.165, 1.54) is 28.9 Å². The van der Waals surface area contributed by atoms with Crippen LogP contribution in [0.4, 0.5) is 29.1 Å². The summed E-state index contributed by atoms with van der Waals surface area (Å²) in [6.45, 7) is 3.13. The number of carbonyl (C=O) groups excluding carboxylic acids is 1. The van der Waals surface area contributed by atoms with Gasteiger partial charge in [0.05, 0.1) is 16.7 Å². The third-order valence-corrected chi connectivity index (χ3v) is 5.52. The van der Waals surface area contributed by atoms with Crippen LogP contribution in [0.1, 0.15) is 30.2 Å². The fourth-order valence-corrected chi connectivity index (χ4v) is 3.96. The predicted octanol–water partition coefficient (Wildman–Crippen LogP) is 4.07. The van der Waals surface area contributed by atoms with E-state index in [0.29, 0.717) is 0 Å². The van der Waals surface area contributed by atoms with E-state index in [1.807, 2.05) is 0 Å². The van der Waals surface area contributed by atoms with Crippen molar-refractivity contribution in [1.82, 2.24) is 4.98 Å². The van der Waals surface area contributed by atoms with Crippen molar-refractivity contribution in [3.8, 4) is 6.07 Å². The SMILES string of the molecule is CCN(C(=O)C1[C@H](O)CCN1c1nc(C)cc(C(F)(F)F)c1C#N)c1ccc(F)c(Cl)c1. The monoisotopic (exact) mass is 470 g/mol. The number of aliphatic hydroxyl groups is 1. The molecule has 1 amide bonds. The summed E-state index contributed by atoms with van der Waals surface area (Å²) in [5, 5.41) is 19.8. The molecular formula is C21H19ClF4N4O2. The molecule has 1 aromatic heterocycles. The van der Waals surface area contributed by atoms with Crippen LogP contribution in [-0.4, -0.2) is 41.2 Å². The van der Waals surface area contributed by atoms with Crippen molar-refractivity contribution in [3.05, 3.63) is 51.9 Å². The zero-order chi connectivity index (χ0) is 23.8. The Bertz CT molecular complexity index is 1090. The van der Waals surface area contributed by atoms with Crippen molar-refractivity contribution in [2.75, 3.05) is 22.9 Å². The normalized spacial score (nSPS) is 18.5. The van der Waals surface area contributed by atoms with Gasteiger partial charge in [-0.25, -0.2) is 9.37 Å². The lowest BCUT2D eigenvalue weighted by Gasteiger charge is -2.32. The first-order valence-electron chi connectivity index (χ1n) is 9.69. The second kappa shape index (κ2) is 8.92. The first-order chi connectivity index (χ1) is 15.0. The number of aryl methyl sites for hydroxylation is 1. The molecule has 1 aliphatic rings. The van der Waals surface area contributed by atoms with E-state index >= 15 is 0 Å². The average molecular weight is 471 g/mol. The molecular weight excluding hydrogens is 452 g/mol. The predicted molar refractivity (Wildman–Crippen MR) is 110 cm³/mol. The van der Waals surface area contributed by atoms with Crippen LogP contribution in [0.5, 0.6) is 0 Å². The number of halogens is 5. The number of nitriles is 1. The van der Waals surface area contributed by atoms with Gasteiger partial charge in [0.25, 0.3) is 5.91 Å². The number of likely N-dealkylation sites (N-methyl/N-ethyl adjacent to an activating group) is 1. The fourth-order valence-electron chi connectivity index (χ4n) is 3.79. The third-order valence-electron chi connectivity index (χ3n) is 5.23. The van der Waals surface area contributed by atoms with E-state index in [2.05, 4.69) is 4.98 Å². The minimum Gasteiger partial charge on any atom is -0.390 e. The van der Waals surface area contributed by atoms with Gasteiger partial charge in [0, 0.05) is 24.5 Å². The van der Waals surface area contributed by atoms with Crippen LogP contribution in [0, 0.1) is 24.1 Å². The van der Waals surface area contributed by atoms with Crippen molar-refractivity contribution in [2.45, 2.75) is 38.6 Å². The number of hydrogen-bond acceptors (Lipinski definition) is 5. The number of carbonyl (C=O) groups is 1. The van der Waals surface area contributed by atoms with E-state index in [1.54, 1.807) is 13.0 Å². The van der Waals surface area contributed by atoms with E-state index < -0.39 is 41.2 Å². The summed E-state index contributed by atoms with van der Waals surface area (Å²) in [6.07, 6.45) is -5.93. The average Bonchev–Trinajstić information content (AvgIpc) is 3.11. The molecule has 1 saturated heterocycles. The zero-order valence-electron chi connectivity index (χ0n) is 17.1. The number of aliphatic hydroxyl groups excluding tert-OH is 1. The standard InChI is InChI=1S/C21H19ClF4N4O2/c1-3-29(12-4-5-16(23)15(22)9-12)20(32)18-17(31)6-7-30(18)19-13(10-27)14(21(24,25)26)8-11(2)28-19/h4-5,8-9,17-18,31H,3,6-7H2,1-2H3/t17-,18?/m1/s1. The summed E-state index contributed by atoms with van der Waals surface area (Å²) in [4.78, 5) is 20.0. The first-order valence-corrected chi connectivity index (χ1v) is 10.1. The molecule has 3 rings (SSSR count). The molecule has 11 heteroatoms. The van der Waals surface area contributed by atoms with E-state index in [4.69, 9.17) is 11.6 Å². The van der Waals surface area contributed by atoms with Gasteiger partial charge in [-0.2, -0.15) is 18.4 Å². The Morgan fingerprint density at radius 1 is 1.41 bits per heavy atom. The van der Waals surface area contributed by atoms with Gasteiger partial charge >= 0.3 is 6.18 Å². The van der Waals surface area contributed by atoms with Gasteiger partial charge in [-0.3, -0.25) is 4.79 Å². The van der Waals surface area contributed by atoms with E-state index in [9.17, 15) is 32.7 Å². The molecule has 1 aromatic carbocycles. The highest BCUT2D eigenvalue weighted by Gasteiger charge is 2.44. The van der Waals surface area contributed by atoms with Crippen molar-refractivity contribution >= 4 is 29.0 Å². The highest BCUT2D eigenvalue weighted by atomic mass is 35.5. The summed E-state index contributed by atoms with van der Waals surface area (Å²) in [5.41, 5.74) is -1.61. The number of amides is 1. The fraction of sp³-hybridized carbons (Fsp3) is 0.381. The number of nitrogens with zero attached hydrogens (tertiary/aromatic N) is 4. The largest absolute Gasteiger partial charge is 0.417 e. The maximum Gasteiger partial charge on any atom is 0.417 e. The molecule has 1 fully saturated rings. The highest BCUT2D eigenvalue weighted by molar-refractivity contribution is 6.31. The van der Waals surface area contributed by atoms with Gasteiger partial charge in [0.2, 0.25) is 0 Å².